The van der Waals surface area contributed by atoms with Gasteiger partial charge in [-0.15, -0.1) is 0 Å². The van der Waals surface area contributed by atoms with Gasteiger partial charge in [0.15, 0.2) is 6.10 Å². The van der Waals surface area contributed by atoms with Crippen LogP contribution < -0.4 is 10.6 Å². The number of aromatic nitrogens is 2. The molecule has 2 fully saturated rings. The van der Waals surface area contributed by atoms with Crippen LogP contribution in [0.5, 0.6) is 0 Å². The normalized spacial score (nSPS) is 18.2. The molecule has 4 atom stereocenters. The number of carbonyl (C=O) groups excluding carboxylic acids is 4. The number of hydrogen-bond acceptors (Lipinski definition) is 7. The van der Waals surface area contributed by atoms with Crippen molar-refractivity contribution in [2.75, 3.05) is 0 Å². The van der Waals surface area contributed by atoms with E-state index in [4.69, 9.17) is 4.74 Å². The summed E-state index contributed by atoms with van der Waals surface area (Å²) in [4.78, 5) is 62.1. The third-order valence-corrected chi connectivity index (χ3v) is 10.5. The number of benzene rings is 2. The molecule has 2 aromatic carbocycles. The summed E-state index contributed by atoms with van der Waals surface area (Å²) in [5, 5.41) is 19.2. The molecule has 1 heterocycles. The number of esters is 1. The number of hydrogen-bond donors (Lipinski definition) is 4. The molecule has 270 valence electrons. The van der Waals surface area contributed by atoms with Crippen molar-refractivity contribution in [1.29, 1.82) is 0 Å². The van der Waals surface area contributed by atoms with Gasteiger partial charge in [-0.2, -0.15) is 0 Å². The largest absolute Gasteiger partial charge is 0.461 e. The summed E-state index contributed by atoms with van der Waals surface area (Å²) in [6.07, 6.45) is 12.1. The molecule has 2 unspecified atom stereocenters. The first-order valence-corrected chi connectivity index (χ1v) is 18.6. The number of ether oxygens (including phenoxy) is 1. The number of amides is 2. The number of H-pyrrole nitrogens is 1. The Hall–Kier alpha value is -4.05. The van der Waals surface area contributed by atoms with Crippen LogP contribution in [0.2, 0.25) is 0 Å². The monoisotopic (exact) mass is 686 g/mol. The lowest BCUT2D eigenvalue weighted by Crippen LogP contribution is -2.56. The van der Waals surface area contributed by atoms with Crippen LogP contribution in [0, 0.1) is 17.8 Å². The average Bonchev–Trinajstić information content (AvgIpc) is 3.64. The molecule has 0 saturated heterocycles. The topological polar surface area (TPSA) is 150 Å². The van der Waals surface area contributed by atoms with E-state index in [1.54, 1.807) is 20.0 Å². The van der Waals surface area contributed by atoms with E-state index in [9.17, 15) is 24.3 Å². The average molecular weight is 687 g/mol. The molecule has 10 nitrogen and oxygen atoms in total. The smallest absolute Gasteiger partial charge is 0.337 e. The number of aromatic amines is 1. The number of carbonyl (C=O) groups is 4. The van der Waals surface area contributed by atoms with E-state index in [2.05, 4.69) is 20.6 Å². The third kappa shape index (κ3) is 10.5. The van der Waals surface area contributed by atoms with Crippen molar-refractivity contribution in [3.63, 3.8) is 0 Å². The highest BCUT2D eigenvalue weighted by molar-refractivity contribution is 5.93. The molecule has 1 aromatic heterocycles. The second-order valence-electron chi connectivity index (χ2n) is 14.7. The lowest BCUT2D eigenvalue weighted by atomic mass is 9.81. The minimum Gasteiger partial charge on any atom is -0.461 e. The first kappa shape index (κ1) is 37.2. The molecule has 0 radical (unpaired) electrons. The summed E-state index contributed by atoms with van der Waals surface area (Å²) in [5.41, 5.74) is 1.60. The number of fused-ring (bicyclic) bond motifs is 1. The Morgan fingerprint density at radius 3 is 2.28 bits per heavy atom. The van der Waals surface area contributed by atoms with Gasteiger partial charge in [0.2, 0.25) is 11.8 Å². The molecule has 0 aliphatic heterocycles. The highest BCUT2D eigenvalue weighted by Gasteiger charge is 2.36. The Morgan fingerprint density at radius 1 is 0.880 bits per heavy atom. The summed E-state index contributed by atoms with van der Waals surface area (Å²) >= 11 is 0. The van der Waals surface area contributed by atoms with Crippen molar-refractivity contribution in [3.8, 4) is 0 Å². The Labute approximate surface area is 295 Å². The molecule has 4 N–H and O–H groups in total. The summed E-state index contributed by atoms with van der Waals surface area (Å²) < 4.78 is 5.32. The molecule has 2 saturated carbocycles. The minimum absolute atomic E-state index is 0.0525. The van der Waals surface area contributed by atoms with E-state index in [0.29, 0.717) is 18.5 Å². The van der Waals surface area contributed by atoms with E-state index in [-0.39, 0.29) is 36.4 Å². The molecule has 0 bridgehead atoms. The van der Waals surface area contributed by atoms with Crippen molar-refractivity contribution in [2.45, 2.75) is 128 Å². The first-order valence-electron chi connectivity index (χ1n) is 18.6. The molecule has 2 aliphatic rings. The zero-order valence-corrected chi connectivity index (χ0v) is 29.6. The number of Topliss-reactive ketones (excluding diaryl/α,β-unsaturated/α-hetero) is 1. The molecule has 2 amide bonds. The van der Waals surface area contributed by atoms with Gasteiger partial charge < -0.3 is 25.5 Å². The Morgan fingerprint density at radius 2 is 1.58 bits per heavy atom. The highest BCUT2D eigenvalue weighted by atomic mass is 16.6. The van der Waals surface area contributed by atoms with Gasteiger partial charge in [-0.05, 0) is 61.8 Å². The lowest BCUT2D eigenvalue weighted by molar-refractivity contribution is -0.159. The number of ketones is 1. The van der Waals surface area contributed by atoms with Crippen LogP contribution in [-0.2, 0) is 36.8 Å². The van der Waals surface area contributed by atoms with Gasteiger partial charge in [0.1, 0.15) is 11.8 Å². The van der Waals surface area contributed by atoms with Gasteiger partial charge in [-0.25, -0.2) is 9.78 Å². The van der Waals surface area contributed by atoms with Crippen molar-refractivity contribution in [3.05, 3.63) is 66.2 Å². The number of nitrogens with zero attached hydrogens (tertiary/aromatic N) is 1. The minimum atomic E-state index is -1.56. The highest BCUT2D eigenvalue weighted by Crippen LogP contribution is 2.30. The summed E-state index contributed by atoms with van der Waals surface area (Å²) in [6.45, 7) is 3.42. The third-order valence-electron chi connectivity index (χ3n) is 10.5. The van der Waals surface area contributed by atoms with Crippen molar-refractivity contribution < 1.29 is 29.0 Å². The fourth-order valence-corrected chi connectivity index (χ4v) is 7.74. The van der Waals surface area contributed by atoms with Gasteiger partial charge in [-0.1, -0.05) is 93.8 Å². The van der Waals surface area contributed by atoms with E-state index < -0.39 is 42.1 Å². The van der Waals surface area contributed by atoms with Crippen LogP contribution in [0.15, 0.2) is 55.0 Å². The Kier molecular flexibility index (Phi) is 13.6. The molecule has 0 spiro atoms. The molecule has 3 aromatic rings. The maximum atomic E-state index is 14.3. The zero-order valence-electron chi connectivity index (χ0n) is 29.6. The number of aliphatic hydroxyl groups is 1. The SMILES string of the molecule is CC(C)OC(=O)C(O)[C@H](CC1CCCCC1)NC(=O)[C@H](Cc1cnc[nH]1)NC(=O)C(CC(=O)C1CCCCC1)Cc1cccc2ccccc12. The summed E-state index contributed by atoms with van der Waals surface area (Å²) in [6, 6.07) is 12.0. The zero-order chi connectivity index (χ0) is 35.5. The van der Waals surface area contributed by atoms with E-state index in [1.807, 2.05) is 42.5 Å². The van der Waals surface area contributed by atoms with Crippen LogP contribution in [0.4, 0.5) is 0 Å². The molecule has 5 rings (SSSR count). The maximum Gasteiger partial charge on any atom is 0.337 e. The van der Waals surface area contributed by atoms with E-state index >= 15 is 0 Å². The fourth-order valence-electron chi connectivity index (χ4n) is 7.74. The van der Waals surface area contributed by atoms with Gasteiger partial charge in [0.05, 0.1) is 18.5 Å². The molecule has 10 heteroatoms. The standard InChI is InChI=1S/C40H54N4O6/c1-26(2)50-40(49)37(46)34(20-27-12-5-3-6-13-27)43-39(48)35(23-32-24-41-25-42-32)44-38(47)31(22-36(45)29-15-7-4-8-16-29)21-30-18-11-17-28-14-9-10-19-33(28)30/h9-11,14,17-19,24-27,29,31,34-35,37,46H,3-8,12-13,15-16,20-23H2,1-2H3,(H,41,42)(H,43,48)(H,44,47)/t31?,34-,35-,37?/m0/s1. The molecular formula is C40H54N4O6. The predicted molar refractivity (Wildman–Crippen MR) is 192 cm³/mol. The van der Waals surface area contributed by atoms with Crippen LogP contribution in [-0.4, -0.2) is 62.9 Å². The number of rotatable bonds is 16. The van der Waals surface area contributed by atoms with Crippen LogP contribution in [0.3, 0.4) is 0 Å². The summed E-state index contributed by atoms with van der Waals surface area (Å²) in [5.74, 6) is -2.10. The fraction of sp³-hybridized carbons (Fsp3) is 0.575. The number of imidazole rings is 1. The van der Waals surface area contributed by atoms with Gasteiger partial charge in [0, 0.05) is 36.6 Å². The summed E-state index contributed by atoms with van der Waals surface area (Å²) in [7, 11) is 0. The predicted octanol–water partition coefficient (Wildman–Crippen LogP) is 5.76. The van der Waals surface area contributed by atoms with Crippen LogP contribution >= 0.6 is 0 Å². The Balaban J connectivity index is 1.39. The second kappa shape index (κ2) is 18.3. The van der Waals surface area contributed by atoms with Gasteiger partial charge in [-0.3, -0.25) is 14.4 Å². The van der Waals surface area contributed by atoms with Crippen molar-refractivity contribution in [1.82, 2.24) is 20.6 Å². The molecular weight excluding hydrogens is 632 g/mol. The lowest BCUT2D eigenvalue weighted by Gasteiger charge is -2.31. The number of nitrogens with one attached hydrogen (secondary N) is 3. The van der Waals surface area contributed by atoms with E-state index in [0.717, 1.165) is 80.5 Å². The number of aliphatic hydroxyl groups excluding tert-OH is 1. The van der Waals surface area contributed by atoms with Gasteiger partial charge >= 0.3 is 5.97 Å². The van der Waals surface area contributed by atoms with E-state index in [1.165, 1.54) is 6.33 Å². The molecule has 2 aliphatic carbocycles. The first-order chi connectivity index (χ1) is 24.2. The quantitative estimate of drug-likeness (QED) is 0.140. The second-order valence-corrected chi connectivity index (χ2v) is 14.7. The van der Waals surface area contributed by atoms with Crippen molar-refractivity contribution >= 4 is 34.3 Å². The van der Waals surface area contributed by atoms with Crippen LogP contribution in [0.25, 0.3) is 10.8 Å². The molecule has 50 heavy (non-hydrogen) atoms. The Bertz CT molecular complexity index is 1560. The maximum absolute atomic E-state index is 14.3. The van der Waals surface area contributed by atoms with Crippen LogP contribution in [0.1, 0.15) is 102 Å². The van der Waals surface area contributed by atoms with Crippen molar-refractivity contribution in [2.24, 2.45) is 17.8 Å². The van der Waals surface area contributed by atoms with Gasteiger partial charge in [0.25, 0.3) is 0 Å².